The summed E-state index contributed by atoms with van der Waals surface area (Å²) in [6, 6.07) is 6.33. The number of aromatic nitrogens is 1. The molecule has 0 spiro atoms. The van der Waals surface area contributed by atoms with Crippen LogP contribution in [0.25, 0.3) is 11.1 Å². The normalized spacial score (nSPS) is 16.4. The first-order chi connectivity index (χ1) is 8.86. The number of aryl methyl sites for hydroxylation is 1. The summed E-state index contributed by atoms with van der Waals surface area (Å²) in [7, 11) is 0. The highest BCUT2D eigenvalue weighted by atomic mass is 16.3. The van der Waals surface area contributed by atoms with E-state index in [-0.39, 0.29) is 0 Å². The second kappa shape index (κ2) is 4.98. The Bertz CT molecular complexity index is 529. The van der Waals surface area contributed by atoms with Crippen molar-refractivity contribution in [2.75, 3.05) is 31.1 Å². The van der Waals surface area contributed by atoms with Crippen LogP contribution in [-0.2, 0) is 6.42 Å². The molecule has 1 aliphatic rings. The Morgan fingerprint density at radius 3 is 2.94 bits per heavy atom. The molecule has 1 saturated heterocycles. The maximum absolute atomic E-state index is 5.79. The van der Waals surface area contributed by atoms with Crippen molar-refractivity contribution in [1.82, 2.24) is 10.3 Å². The summed E-state index contributed by atoms with van der Waals surface area (Å²) in [4.78, 5) is 6.88. The molecule has 3 rings (SSSR count). The average molecular weight is 245 g/mol. The topological polar surface area (TPSA) is 41.3 Å². The summed E-state index contributed by atoms with van der Waals surface area (Å²) < 4.78 is 5.79. The summed E-state index contributed by atoms with van der Waals surface area (Å²) in [5.74, 6) is 0.852. The minimum absolute atomic E-state index is 0.852. The van der Waals surface area contributed by atoms with E-state index in [2.05, 4.69) is 40.3 Å². The molecule has 2 heterocycles. The molecule has 1 aliphatic heterocycles. The number of oxazole rings is 1. The van der Waals surface area contributed by atoms with Gasteiger partial charge >= 0.3 is 0 Å². The van der Waals surface area contributed by atoms with E-state index < -0.39 is 0 Å². The van der Waals surface area contributed by atoms with Crippen molar-refractivity contribution < 1.29 is 4.42 Å². The Morgan fingerprint density at radius 1 is 1.33 bits per heavy atom. The van der Waals surface area contributed by atoms with Crippen LogP contribution in [0.2, 0.25) is 0 Å². The lowest BCUT2D eigenvalue weighted by atomic mass is 10.2. The summed E-state index contributed by atoms with van der Waals surface area (Å²) in [5, 5.41) is 3.37. The lowest BCUT2D eigenvalue weighted by Crippen LogP contribution is -2.43. The van der Waals surface area contributed by atoms with Crippen LogP contribution in [0.15, 0.2) is 22.6 Å². The van der Waals surface area contributed by atoms with Crippen molar-refractivity contribution in [1.29, 1.82) is 0 Å². The van der Waals surface area contributed by atoms with E-state index in [1.165, 1.54) is 5.69 Å². The predicted octanol–water partition coefficient (Wildman–Crippen LogP) is 2.19. The first-order valence-electron chi connectivity index (χ1n) is 6.72. The average Bonchev–Trinajstić information content (AvgIpc) is 2.81. The number of fused-ring (bicyclic) bond motifs is 1. The Morgan fingerprint density at radius 2 is 2.17 bits per heavy atom. The molecule has 0 aliphatic carbocycles. The fourth-order valence-electron chi connectivity index (χ4n) is 2.40. The second-order valence-electron chi connectivity index (χ2n) is 4.75. The third kappa shape index (κ3) is 2.20. The number of piperazine rings is 1. The van der Waals surface area contributed by atoms with E-state index in [0.29, 0.717) is 0 Å². The molecule has 4 nitrogen and oxygen atoms in total. The fourth-order valence-corrected chi connectivity index (χ4v) is 2.40. The summed E-state index contributed by atoms with van der Waals surface area (Å²) >= 11 is 0. The quantitative estimate of drug-likeness (QED) is 0.900. The Hall–Kier alpha value is -1.55. The van der Waals surface area contributed by atoms with Crippen LogP contribution in [0.5, 0.6) is 0 Å². The van der Waals surface area contributed by atoms with Crippen LogP contribution in [-0.4, -0.2) is 31.2 Å². The molecule has 4 heteroatoms. The van der Waals surface area contributed by atoms with Crippen molar-refractivity contribution >= 4 is 16.8 Å². The fraction of sp³-hybridized carbons (Fsp3) is 0.500. The molecule has 0 atom stereocenters. The van der Waals surface area contributed by atoms with Gasteiger partial charge in [0.25, 0.3) is 0 Å². The van der Waals surface area contributed by atoms with Crippen molar-refractivity contribution in [2.24, 2.45) is 0 Å². The van der Waals surface area contributed by atoms with Gasteiger partial charge in [-0.2, -0.15) is 0 Å². The van der Waals surface area contributed by atoms with Crippen molar-refractivity contribution in [3.8, 4) is 0 Å². The van der Waals surface area contributed by atoms with Gasteiger partial charge in [-0.05, 0) is 18.6 Å². The largest absolute Gasteiger partial charge is 0.441 e. The number of anilines is 1. The highest BCUT2D eigenvalue weighted by molar-refractivity contribution is 5.77. The van der Waals surface area contributed by atoms with Gasteiger partial charge in [0.15, 0.2) is 11.5 Å². The van der Waals surface area contributed by atoms with Crippen LogP contribution in [0.4, 0.5) is 5.69 Å². The second-order valence-corrected chi connectivity index (χ2v) is 4.75. The van der Waals surface area contributed by atoms with Crippen molar-refractivity contribution in [3.63, 3.8) is 0 Å². The van der Waals surface area contributed by atoms with Gasteiger partial charge < -0.3 is 14.6 Å². The number of benzene rings is 1. The van der Waals surface area contributed by atoms with Crippen LogP contribution in [0.3, 0.4) is 0 Å². The highest BCUT2D eigenvalue weighted by Gasteiger charge is 2.12. The number of nitrogens with zero attached hydrogens (tertiary/aromatic N) is 2. The highest BCUT2D eigenvalue weighted by Crippen LogP contribution is 2.23. The molecule has 0 bridgehead atoms. The summed E-state index contributed by atoms with van der Waals surface area (Å²) in [5.41, 5.74) is 3.12. The number of hydrogen-bond acceptors (Lipinski definition) is 4. The van der Waals surface area contributed by atoms with E-state index in [4.69, 9.17) is 4.42 Å². The molecule has 2 aromatic rings. The van der Waals surface area contributed by atoms with Crippen LogP contribution < -0.4 is 10.2 Å². The van der Waals surface area contributed by atoms with Gasteiger partial charge in [0.05, 0.1) is 0 Å². The molecule has 1 N–H and O–H groups in total. The Balaban J connectivity index is 1.89. The van der Waals surface area contributed by atoms with E-state index >= 15 is 0 Å². The van der Waals surface area contributed by atoms with E-state index in [1.54, 1.807) is 0 Å². The minimum atomic E-state index is 0.852. The monoisotopic (exact) mass is 245 g/mol. The summed E-state index contributed by atoms with van der Waals surface area (Å²) in [6.07, 6.45) is 1.98. The molecule has 0 amide bonds. The third-order valence-corrected chi connectivity index (χ3v) is 3.36. The number of nitrogens with one attached hydrogen (secondary N) is 1. The molecule has 96 valence electrons. The summed E-state index contributed by atoms with van der Waals surface area (Å²) in [6.45, 7) is 6.36. The van der Waals surface area contributed by atoms with Gasteiger partial charge in [-0.25, -0.2) is 4.98 Å². The molecule has 1 aromatic heterocycles. The van der Waals surface area contributed by atoms with Crippen LogP contribution in [0, 0.1) is 0 Å². The molecule has 0 saturated carbocycles. The maximum atomic E-state index is 5.79. The molecule has 0 unspecified atom stereocenters. The van der Waals surface area contributed by atoms with Gasteiger partial charge in [-0.1, -0.05) is 6.92 Å². The Labute approximate surface area is 107 Å². The van der Waals surface area contributed by atoms with Crippen molar-refractivity contribution in [3.05, 3.63) is 24.1 Å². The standard InChI is InChI=1S/C14H19N3O/c1-2-3-14-16-12-5-4-11(10-13(12)18-14)17-8-6-15-7-9-17/h4-5,10,15H,2-3,6-9H2,1H3. The van der Waals surface area contributed by atoms with Crippen LogP contribution >= 0.6 is 0 Å². The number of hydrogen-bond donors (Lipinski definition) is 1. The van der Waals surface area contributed by atoms with Gasteiger partial charge in [0, 0.05) is 44.4 Å². The zero-order valence-electron chi connectivity index (χ0n) is 10.8. The van der Waals surface area contributed by atoms with E-state index in [0.717, 1.165) is 56.0 Å². The maximum Gasteiger partial charge on any atom is 0.195 e. The number of rotatable bonds is 3. The lowest BCUT2D eigenvalue weighted by molar-refractivity contribution is 0.525. The van der Waals surface area contributed by atoms with Crippen LogP contribution in [0.1, 0.15) is 19.2 Å². The smallest absolute Gasteiger partial charge is 0.195 e. The molecular formula is C14H19N3O. The first kappa shape index (κ1) is 11.5. The molecule has 1 aromatic carbocycles. The van der Waals surface area contributed by atoms with Gasteiger partial charge in [-0.15, -0.1) is 0 Å². The van der Waals surface area contributed by atoms with Gasteiger partial charge in [0.1, 0.15) is 5.52 Å². The lowest BCUT2D eigenvalue weighted by Gasteiger charge is -2.29. The van der Waals surface area contributed by atoms with E-state index in [1.807, 2.05) is 0 Å². The van der Waals surface area contributed by atoms with Gasteiger partial charge in [-0.3, -0.25) is 0 Å². The predicted molar refractivity (Wildman–Crippen MR) is 73.1 cm³/mol. The van der Waals surface area contributed by atoms with Crippen molar-refractivity contribution in [2.45, 2.75) is 19.8 Å². The third-order valence-electron chi connectivity index (χ3n) is 3.36. The molecule has 1 fully saturated rings. The molecular weight excluding hydrogens is 226 g/mol. The van der Waals surface area contributed by atoms with E-state index in [9.17, 15) is 0 Å². The Kier molecular flexibility index (Phi) is 3.19. The zero-order valence-corrected chi connectivity index (χ0v) is 10.8. The first-order valence-corrected chi connectivity index (χ1v) is 6.72. The zero-order chi connectivity index (χ0) is 12.4. The van der Waals surface area contributed by atoms with Gasteiger partial charge in [0.2, 0.25) is 0 Å². The SMILES string of the molecule is CCCc1nc2ccc(N3CCNCC3)cc2o1. The molecule has 0 radical (unpaired) electrons. The molecule has 18 heavy (non-hydrogen) atoms. The minimum Gasteiger partial charge on any atom is -0.441 e.